The van der Waals surface area contributed by atoms with Crippen molar-refractivity contribution < 1.29 is 22.7 Å². The molecule has 232 valence electrons. The molecule has 0 bridgehead atoms. The van der Waals surface area contributed by atoms with Crippen LogP contribution in [0.15, 0.2) is 82.9 Å². The van der Waals surface area contributed by atoms with E-state index in [4.69, 9.17) is 20.9 Å². The molecule has 1 aliphatic heterocycles. The normalized spacial score (nSPS) is 14.5. The van der Waals surface area contributed by atoms with Gasteiger partial charge in [0.15, 0.2) is 11.5 Å². The van der Waals surface area contributed by atoms with Crippen molar-refractivity contribution in [3.63, 3.8) is 0 Å². The number of carbonyl (C=O) groups is 1. The van der Waals surface area contributed by atoms with Crippen LogP contribution in [-0.2, 0) is 21.2 Å². The predicted molar refractivity (Wildman–Crippen MR) is 172 cm³/mol. The van der Waals surface area contributed by atoms with E-state index in [1.54, 1.807) is 42.8 Å². The fourth-order valence-corrected chi connectivity index (χ4v) is 6.25. The van der Waals surface area contributed by atoms with Gasteiger partial charge in [-0.05, 0) is 35.4 Å². The standard InChI is InChI=1S/C32H33N7O5S/c1-38(2)45(41,42)27-12-8-7-11-25(27)29-24-10-6-5-9-22(24)19-36-39(29)28(40)14-13-21-15-20(17-26(43-3)30(21)44-4)16-23-18-35-32(34)37-31(23)33/h5-15,17-19,29H,16H2,1-4H3,(H4,33,34,35,37)/b14-13+. The minimum atomic E-state index is -3.85. The first kappa shape index (κ1) is 31.2. The number of nitrogens with zero attached hydrogens (tertiary/aromatic N) is 5. The quantitative estimate of drug-likeness (QED) is 0.264. The molecular formula is C32H33N7O5S. The lowest BCUT2D eigenvalue weighted by molar-refractivity contribution is -0.127. The van der Waals surface area contributed by atoms with Gasteiger partial charge < -0.3 is 20.9 Å². The Morgan fingerprint density at radius 3 is 2.42 bits per heavy atom. The van der Waals surface area contributed by atoms with Crippen LogP contribution < -0.4 is 20.9 Å². The molecular weight excluding hydrogens is 594 g/mol. The number of anilines is 2. The van der Waals surface area contributed by atoms with Gasteiger partial charge in [0.25, 0.3) is 5.91 Å². The molecule has 0 radical (unpaired) electrons. The van der Waals surface area contributed by atoms with E-state index in [0.717, 1.165) is 21.0 Å². The van der Waals surface area contributed by atoms with Gasteiger partial charge in [-0.15, -0.1) is 0 Å². The molecule has 12 nitrogen and oxygen atoms in total. The van der Waals surface area contributed by atoms with Crippen LogP contribution in [0.4, 0.5) is 11.8 Å². The molecule has 45 heavy (non-hydrogen) atoms. The van der Waals surface area contributed by atoms with Crippen LogP contribution in [0.3, 0.4) is 0 Å². The average molecular weight is 628 g/mol. The minimum Gasteiger partial charge on any atom is -0.493 e. The number of amides is 1. The summed E-state index contributed by atoms with van der Waals surface area (Å²) in [6.45, 7) is 0. The first-order valence-corrected chi connectivity index (χ1v) is 15.3. The number of benzene rings is 3. The first-order chi connectivity index (χ1) is 21.5. The summed E-state index contributed by atoms with van der Waals surface area (Å²) in [6.07, 6.45) is 6.49. The Labute approximate surface area is 261 Å². The molecule has 1 aliphatic rings. The van der Waals surface area contributed by atoms with Crippen LogP contribution in [0.1, 0.15) is 39.4 Å². The summed E-state index contributed by atoms with van der Waals surface area (Å²) < 4.78 is 39.1. The van der Waals surface area contributed by atoms with Crippen LogP contribution in [0.5, 0.6) is 11.5 Å². The van der Waals surface area contributed by atoms with Crippen LogP contribution in [0.2, 0.25) is 0 Å². The molecule has 5 rings (SSSR count). The van der Waals surface area contributed by atoms with E-state index in [1.807, 2.05) is 30.3 Å². The van der Waals surface area contributed by atoms with Crippen LogP contribution in [-0.4, -0.2) is 68.1 Å². The van der Waals surface area contributed by atoms with Crippen LogP contribution >= 0.6 is 0 Å². The number of nitrogens with two attached hydrogens (primary N) is 2. The second-order valence-corrected chi connectivity index (χ2v) is 12.5. The summed E-state index contributed by atoms with van der Waals surface area (Å²) in [6, 6.07) is 16.9. The number of rotatable bonds is 9. The summed E-state index contributed by atoms with van der Waals surface area (Å²) >= 11 is 0. The van der Waals surface area contributed by atoms with Crippen molar-refractivity contribution in [2.45, 2.75) is 17.4 Å². The molecule has 2 heterocycles. The number of nitrogen functional groups attached to an aromatic ring is 2. The fraction of sp³-hybridized carbons (Fsp3) is 0.188. The monoisotopic (exact) mass is 627 g/mol. The van der Waals surface area contributed by atoms with E-state index >= 15 is 0 Å². The molecule has 0 spiro atoms. The van der Waals surface area contributed by atoms with Gasteiger partial charge in [-0.2, -0.15) is 10.1 Å². The lowest BCUT2D eigenvalue weighted by atomic mass is 9.93. The Morgan fingerprint density at radius 2 is 1.73 bits per heavy atom. The van der Waals surface area contributed by atoms with Gasteiger partial charge in [-0.25, -0.2) is 22.7 Å². The van der Waals surface area contributed by atoms with Crippen molar-refractivity contribution in [2.75, 3.05) is 39.8 Å². The number of hydrazone groups is 1. The maximum atomic E-state index is 13.9. The summed E-state index contributed by atoms with van der Waals surface area (Å²) in [5.74, 6) is 0.718. The summed E-state index contributed by atoms with van der Waals surface area (Å²) in [7, 11) is 2.11. The fourth-order valence-electron chi connectivity index (χ4n) is 5.13. The maximum absolute atomic E-state index is 13.9. The highest BCUT2D eigenvalue weighted by atomic mass is 32.2. The van der Waals surface area contributed by atoms with Crippen molar-refractivity contribution in [3.05, 3.63) is 106 Å². The van der Waals surface area contributed by atoms with Crippen LogP contribution in [0.25, 0.3) is 6.08 Å². The van der Waals surface area contributed by atoms with Crippen molar-refractivity contribution in [1.82, 2.24) is 19.3 Å². The zero-order valence-electron chi connectivity index (χ0n) is 25.2. The SMILES string of the molecule is COc1cc(Cc2cnc(N)nc2N)cc(/C=C/C(=O)N2N=Cc3ccccc3C2c2ccccc2S(=O)(=O)N(C)C)c1OC. The van der Waals surface area contributed by atoms with Gasteiger partial charge >= 0.3 is 0 Å². The Hall–Kier alpha value is -5.27. The number of hydrogen-bond acceptors (Lipinski definition) is 10. The maximum Gasteiger partial charge on any atom is 0.267 e. The van der Waals surface area contributed by atoms with Gasteiger partial charge in [0.2, 0.25) is 16.0 Å². The lowest BCUT2D eigenvalue weighted by Crippen LogP contribution is -2.34. The number of carbonyl (C=O) groups excluding carboxylic acids is 1. The summed E-state index contributed by atoms with van der Waals surface area (Å²) in [4.78, 5) is 22.1. The van der Waals surface area contributed by atoms with E-state index in [9.17, 15) is 13.2 Å². The molecule has 1 amide bonds. The first-order valence-electron chi connectivity index (χ1n) is 13.8. The predicted octanol–water partition coefficient (Wildman–Crippen LogP) is 3.48. The van der Waals surface area contributed by atoms with Crippen molar-refractivity contribution >= 4 is 40.0 Å². The van der Waals surface area contributed by atoms with E-state index < -0.39 is 22.0 Å². The van der Waals surface area contributed by atoms with Gasteiger partial charge in [-0.3, -0.25) is 4.79 Å². The third kappa shape index (κ3) is 6.21. The average Bonchev–Trinajstić information content (AvgIpc) is 3.03. The van der Waals surface area contributed by atoms with Crippen LogP contribution in [0, 0.1) is 0 Å². The molecule has 0 saturated heterocycles. The second kappa shape index (κ2) is 12.8. The molecule has 13 heteroatoms. The molecule has 0 fully saturated rings. The molecule has 4 aromatic rings. The van der Waals surface area contributed by atoms with E-state index in [-0.39, 0.29) is 16.7 Å². The highest BCUT2D eigenvalue weighted by Crippen LogP contribution is 2.38. The molecule has 1 aromatic heterocycles. The molecule has 1 unspecified atom stereocenters. The van der Waals surface area contributed by atoms with Crippen molar-refractivity contribution in [3.8, 4) is 11.5 Å². The topological polar surface area (TPSA) is 166 Å². The van der Waals surface area contributed by atoms with Gasteiger partial charge in [0, 0.05) is 55.0 Å². The zero-order chi connectivity index (χ0) is 32.3. The molecule has 3 aromatic carbocycles. The Morgan fingerprint density at radius 1 is 1.02 bits per heavy atom. The van der Waals surface area contributed by atoms with Gasteiger partial charge in [0.1, 0.15) is 11.9 Å². The number of methoxy groups -OCH3 is 2. The largest absolute Gasteiger partial charge is 0.493 e. The highest BCUT2D eigenvalue weighted by Gasteiger charge is 2.34. The third-order valence-corrected chi connectivity index (χ3v) is 9.23. The van der Waals surface area contributed by atoms with Crippen molar-refractivity contribution in [2.24, 2.45) is 5.10 Å². The molecule has 4 N–H and O–H groups in total. The number of sulfonamides is 1. The Balaban J connectivity index is 1.56. The highest BCUT2D eigenvalue weighted by molar-refractivity contribution is 7.89. The number of fused-ring (bicyclic) bond motifs is 1. The van der Waals surface area contributed by atoms with Gasteiger partial charge in [-0.1, -0.05) is 42.5 Å². The Kier molecular flexibility index (Phi) is 8.84. The molecule has 1 atom stereocenters. The summed E-state index contributed by atoms with van der Waals surface area (Å²) in [5.41, 5.74) is 15.7. The molecule has 0 saturated carbocycles. The number of ether oxygens (including phenoxy) is 2. The molecule has 0 aliphatic carbocycles. The summed E-state index contributed by atoms with van der Waals surface area (Å²) in [5, 5.41) is 5.76. The number of hydrogen-bond donors (Lipinski definition) is 2. The van der Waals surface area contributed by atoms with Gasteiger partial charge in [0.05, 0.1) is 25.3 Å². The van der Waals surface area contributed by atoms with E-state index in [1.165, 1.54) is 45.5 Å². The number of aromatic nitrogens is 2. The van der Waals surface area contributed by atoms with Crippen molar-refractivity contribution in [1.29, 1.82) is 0 Å². The Bertz CT molecular complexity index is 1930. The third-order valence-electron chi connectivity index (χ3n) is 7.34. The lowest BCUT2D eigenvalue weighted by Gasteiger charge is -2.33. The van der Waals surface area contributed by atoms with E-state index in [2.05, 4.69) is 15.1 Å². The van der Waals surface area contributed by atoms with E-state index in [0.29, 0.717) is 34.6 Å². The zero-order valence-corrected chi connectivity index (χ0v) is 26.0. The second-order valence-electron chi connectivity index (χ2n) is 10.4. The smallest absolute Gasteiger partial charge is 0.267 e. The minimum absolute atomic E-state index is 0.0777.